The zero-order valence-corrected chi connectivity index (χ0v) is 42.0. The van der Waals surface area contributed by atoms with Crippen LogP contribution in [0.3, 0.4) is 0 Å². The number of pyridine rings is 2. The molecule has 0 saturated carbocycles. The van der Waals surface area contributed by atoms with E-state index in [4.69, 9.17) is 19.0 Å². The molecule has 22 nitrogen and oxygen atoms in total. The van der Waals surface area contributed by atoms with Crippen LogP contribution >= 0.6 is 0 Å². The van der Waals surface area contributed by atoms with Crippen molar-refractivity contribution in [2.24, 2.45) is 5.73 Å². The third-order valence-corrected chi connectivity index (χ3v) is 13.4. The lowest BCUT2D eigenvalue weighted by Crippen LogP contribution is -2.58. The van der Waals surface area contributed by atoms with Gasteiger partial charge in [0.2, 0.25) is 0 Å². The Hall–Kier alpha value is -7.92. The molecule has 1 fully saturated rings. The molecule has 0 bridgehead atoms. The van der Waals surface area contributed by atoms with Crippen LogP contribution in [-0.4, -0.2) is 150 Å². The number of rotatable bonds is 19. The van der Waals surface area contributed by atoms with Gasteiger partial charge >= 0.3 is 29.8 Å². The van der Waals surface area contributed by atoms with Crippen LogP contribution in [0.1, 0.15) is 116 Å². The standard InChI is InChI=1S/C52H60N8O14/c1-27-40(46(61)54-11-8-7-10-53)30(4)72-43(27)33-9-12-55-52(23-33,51(70)71)26-60-17-15-58(24-36-19-34(21-38(56-36)47(62)63)44-28(2)41(49(66)67)31(5)73-44)13-14-59(16-18-60)25-37-20-35(22-39(57-37)48(64)65)45-29(3)42(50(68)69)32(6)74-45/h9,12,19-23,55H,7-8,10-11,13-18,24-26,53H2,1-6H3,(H,54,61)(H,62,63)(H,64,65)(H,66,67)(H,68,69)(H,70,71). The van der Waals surface area contributed by atoms with Gasteiger partial charge in [-0.1, -0.05) is 0 Å². The Morgan fingerprint density at radius 1 is 0.622 bits per heavy atom. The normalized spacial score (nSPS) is 16.7. The van der Waals surface area contributed by atoms with E-state index in [-0.39, 0.29) is 71.1 Å². The lowest BCUT2D eigenvalue weighted by molar-refractivity contribution is -0.143. The Morgan fingerprint density at radius 2 is 1.07 bits per heavy atom. The third kappa shape index (κ3) is 11.6. The van der Waals surface area contributed by atoms with Crippen molar-refractivity contribution >= 4 is 41.3 Å². The molecule has 1 saturated heterocycles. The number of carboxylic acids is 5. The molecule has 9 N–H and O–H groups in total. The molecule has 0 aliphatic carbocycles. The van der Waals surface area contributed by atoms with E-state index in [9.17, 15) is 54.3 Å². The first-order chi connectivity index (χ1) is 35.1. The predicted molar refractivity (Wildman–Crippen MR) is 267 cm³/mol. The van der Waals surface area contributed by atoms with Crippen molar-refractivity contribution in [2.75, 3.05) is 58.9 Å². The molecule has 0 radical (unpaired) electrons. The lowest BCUT2D eigenvalue weighted by atomic mass is 9.91. The minimum Gasteiger partial charge on any atom is -0.479 e. The van der Waals surface area contributed by atoms with E-state index in [0.29, 0.717) is 121 Å². The van der Waals surface area contributed by atoms with E-state index >= 15 is 0 Å². The smallest absolute Gasteiger partial charge is 0.354 e. The molecule has 5 aromatic rings. The van der Waals surface area contributed by atoms with E-state index in [1.54, 1.807) is 52.0 Å². The fraction of sp³-hybridized carbons (Fsp3) is 0.385. The van der Waals surface area contributed by atoms with Crippen LogP contribution in [-0.2, 0) is 17.9 Å². The fourth-order valence-electron chi connectivity index (χ4n) is 9.66. The van der Waals surface area contributed by atoms with Crippen molar-refractivity contribution < 1.29 is 67.6 Å². The minimum absolute atomic E-state index is 0.0364. The highest BCUT2D eigenvalue weighted by Gasteiger charge is 2.41. The second kappa shape index (κ2) is 22.5. The van der Waals surface area contributed by atoms with Crippen LogP contribution in [0.15, 0.2) is 55.9 Å². The molecule has 5 aromatic heterocycles. The first-order valence-corrected chi connectivity index (χ1v) is 23.9. The van der Waals surface area contributed by atoms with Crippen molar-refractivity contribution in [2.45, 2.75) is 73.0 Å². The van der Waals surface area contributed by atoms with E-state index in [2.05, 4.69) is 20.6 Å². The van der Waals surface area contributed by atoms with Crippen LogP contribution in [0.2, 0.25) is 0 Å². The van der Waals surface area contributed by atoms with Gasteiger partial charge in [0.25, 0.3) is 5.91 Å². The molecule has 2 aliphatic heterocycles. The van der Waals surface area contributed by atoms with Crippen LogP contribution in [0, 0.1) is 41.5 Å². The lowest BCUT2D eigenvalue weighted by Gasteiger charge is -2.36. The third-order valence-electron chi connectivity index (χ3n) is 13.4. The van der Waals surface area contributed by atoms with Crippen molar-refractivity contribution in [3.05, 3.63) is 122 Å². The number of furan rings is 3. The van der Waals surface area contributed by atoms with Crippen molar-refractivity contribution in [3.8, 4) is 22.6 Å². The van der Waals surface area contributed by atoms with Gasteiger partial charge in [0.15, 0.2) is 5.54 Å². The second-order valence-electron chi connectivity index (χ2n) is 18.6. The number of carboxylic acid groups (broad SMARTS) is 5. The number of carbonyl (C=O) groups is 6. The Balaban J connectivity index is 1.24. The van der Waals surface area contributed by atoms with Crippen LogP contribution < -0.4 is 16.4 Å². The van der Waals surface area contributed by atoms with Crippen molar-refractivity contribution in [1.82, 2.24) is 35.3 Å². The summed E-state index contributed by atoms with van der Waals surface area (Å²) in [6.07, 6.45) is 6.23. The monoisotopic (exact) mass is 1020 g/mol. The number of hydrogen-bond acceptors (Lipinski definition) is 16. The highest BCUT2D eigenvalue weighted by molar-refractivity contribution is 5.99. The van der Waals surface area contributed by atoms with Crippen molar-refractivity contribution in [3.63, 3.8) is 0 Å². The Labute approximate surface area is 425 Å². The second-order valence-corrected chi connectivity index (χ2v) is 18.6. The van der Waals surface area contributed by atoms with Crippen LogP contribution in [0.25, 0.3) is 28.2 Å². The number of aromatic carboxylic acids is 4. The molecule has 0 aromatic carbocycles. The number of nitrogens with one attached hydrogen (secondary N) is 2. The largest absolute Gasteiger partial charge is 0.479 e. The van der Waals surface area contributed by atoms with Gasteiger partial charge in [0.1, 0.15) is 57.1 Å². The maximum absolute atomic E-state index is 13.6. The SMILES string of the molecule is Cc1oc(C2=CC(CN3CCN(Cc4cc(-c5oc(C)c(C(=O)O)c5C)cc(C(=O)O)n4)CCN(Cc4cc(-c5oc(C)c(C(=O)O)c5C)cc(C(=O)O)n4)CC3)(C(=O)O)NC=C2)c(C)c1C(=O)NCCCCN. The number of hydrogen-bond donors (Lipinski definition) is 8. The number of amides is 1. The highest BCUT2D eigenvalue weighted by Crippen LogP contribution is 2.35. The molecule has 0 spiro atoms. The van der Waals surface area contributed by atoms with E-state index in [1.165, 1.54) is 32.2 Å². The fourth-order valence-corrected chi connectivity index (χ4v) is 9.66. The number of aromatic nitrogens is 2. The summed E-state index contributed by atoms with van der Waals surface area (Å²) in [6.45, 7) is 12.6. The number of unbranched alkanes of at least 4 members (excludes halogenated alkanes) is 1. The maximum Gasteiger partial charge on any atom is 0.354 e. The average Bonchev–Trinajstić information content (AvgIpc) is 3.96. The maximum atomic E-state index is 13.6. The van der Waals surface area contributed by atoms with E-state index in [1.807, 2.05) is 14.7 Å². The molecule has 74 heavy (non-hydrogen) atoms. The average molecular weight is 1020 g/mol. The van der Waals surface area contributed by atoms with E-state index in [0.717, 1.165) is 6.42 Å². The molecule has 392 valence electrons. The van der Waals surface area contributed by atoms with Gasteiger partial charge in [0.05, 0.1) is 17.0 Å². The minimum atomic E-state index is -1.72. The van der Waals surface area contributed by atoms with E-state index < -0.39 is 35.4 Å². The van der Waals surface area contributed by atoms with Gasteiger partial charge in [-0.2, -0.15) is 0 Å². The molecular weight excluding hydrogens is 961 g/mol. The van der Waals surface area contributed by atoms with Gasteiger partial charge in [-0.3, -0.25) is 19.5 Å². The molecule has 22 heteroatoms. The summed E-state index contributed by atoms with van der Waals surface area (Å²) in [6, 6.07) is 5.91. The van der Waals surface area contributed by atoms with Crippen LogP contribution in [0.5, 0.6) is 0 Å². The summed E-state index contributed by atoms with van der Waals surface area (Å²) in [7, 11) is 0. The Bertz CT molecular complexity index is 2950. The molecule has 1 unspecified atom stereocenters. The number of aliphatic carboxylic acids is 1. The number of aryl methyl sites for hydroxylation is 3. The van der Waals surface area contributed by atoms with Gasteiger partial charge in [-0.15, -0.1) is 0 Å². The number of nitrogens with two attached hydrogens (primary N) is 1. The van der Waals surface area contributed by atoms with Gasteiger partial charge in [0, 0.05) is 98.8 Å². The number of nitrogens with zero attached hydrogens (tertiary/aromatic N) is 5. The summed E-state index contributed by atoms with van der Waals surface area (Å²) < 4.78 is 17.9. The van der Waals surface area contributed by atoms with Gasteiger partial charge in [-0.25, -0.2) is 33.9 Å². The Kier molecular flexibility index (Phi) is 16.3. The summed E-state index contributed by atoms with van der Waals surface area (Å²) >= 11 is 0. The number of dihydropyridines is 1. The van der Waals surface area contributed by atoms with Gasteiger partial charge in [-0.05, 0) is 104 Å². The summed E-state index contributed by atoms with van der Waals surface area (Å²) in [4.78, 5) is 90.9. The molecule has 7 heterocycles. The van der Waals surface area contributed by atoms with Crippen molar-refractivity contribution in [1.29, 1.82) is 0 Å². The first kappa shape index (κ1) is 53.9. The summed E-state index contributed by atoms with van der Waals surface area (Å²) in [5.74, 6) is -5.18. The zero-order valence-electron chi connectivity index (χ0n) is 42.0. The Morgan fingerprint density at radius 3 is 1.50 bits per heavy atom. The summed E-state index contributed by atoms with van der Waals surface area (Å²) in [5.41, 5.74) is 6.47. The summed E-state index contributed by atoms with van der Waals surface area (Å²) in [5, 5.41) is 57.1. The highest BCUT2D eigenvalue weighted by atomic mass is 16.4. The quantitative estimate of drug-likeness (QED) is 0.0484. The first-order valence-electron chi connectivity index (χ1n) is 23.9. The molecule has 7 rings (SSSR count). The molecular formula is C52H60N8O14. The van der Waals surface area contributed by atoms with Crippen LogP contribution in [0.4, 0.5) is 0 Å². The number of carbonyl (C=O) groups excluding carboxylic acids is 1. The predicted octanol–water partition coefficient (Wildman–Crippen LogP) is 5.35. The zero-order chi connectivity index (χ0) is 53.8. The topological polar surface area (TPSA) is 329 Å². The molecule has 2 aliphatic rings. The molecule has 1 amide bonds. The number of allylic oxidation sites excluding steroid dienone is 2. The molecule has 1 atom stereocenters. The van der Waals surface area contributed by atoms with Gasteiger partial charge < -0.3 is 55.2 Å².